The quantitative estimate of drug-likeness (QED) is 0.831. The lowest BCUT2D eigenvalue weighted by Gasteiger charge is -2.20. The molecule has 0 saturated carbocycles. The fourth-order valence-electron chi connectivity index (χ4n) is 1.92. The molecule has 4 heteroatoms. The topological polar surface area (TPSA) is 73.5 Å². The van der Waals surface area contributed by atoms with Crippen LogP contribution in [0.3, 0.4) is 0 Å². The van der Waals surface area contributed by atoms with Gasteiger partial charge in [-0.15, -0.1) is 0 Å². The molecule has 2 atom stereocenters. The lowest BCUT2D eigenvalue weighted by atomic mass is 9.93. The number of nitrogens with zero attached hydrogens (tertiary/aromatic N) is 1. The number of aliphatic hydroxyl groups excluding tert-OH is 2. The maximum Gasteiger partial charge on any atom is 0.119 e. The molecule has 0 aliphatic rings. The molecule has 17 heavy (non-hydrogen) atoms. The van der Waals surface area contributed by atoms with Crippen LogP contribution in [0.4, 0.5) is 0 Å². The lowest BCUT2D eigenvalue weighted by Crippen LogP contribution is -2.19. The van der Waals surface area contributed by atoms with E-state index in [9.17, 15) is 10.2 Å². The zero-order valence-corrected chi connectivity index (χ0v) is 10.3. The van der Waals surface area contributed by atoms with E-state index < -0.39 is 12.2 Å². The normalized spacial score (nSPS) is 13.9. The van der Waals surface area contributed by atoms with Crippen molar-refractivity contribution in [2.24, 2.45) is 0 Å². The van der Waals surface area contributed by atoms with Gasteiger partial charge in [-0.2, -0.15) is 5.26 Å². The molecular formula is C13H17NO3. The van der Waals surface area contributed by atoms with Crippen LogP contribution in [0.2, 0.25) is 0 Å². The van der Waals surface area contributed by atoms with E-state index in [1.54, 1.807) is 19.2 Å². The highest BCUT2D eigenvalue weighted by Crippen LogP contribution is 2.29. The van der Waals surface area contributed by atoms with Gasteiger partial charge >= 0.3 is 0 Å². The molecule has 0 amide bonds. The van der Waals surface area contributed by atoms with Gasteiger partial charge in [0.05, 0.1) is 25.7 Å². The van der Waals surface area contributed by atoms with Gasteiger partial charge in [-0.1, -0.05) is 0 Å². The van der Waals surface area contributed by atoms with Crippen molar-refractivity contribution >= 4 is 0 Å². The van der Waals surface area contributed by atoms with Crippen LogP contribution in [0.1, 0.15) is 29.2 Å². The molecule has 4 nitrogen and oxygen atoms in total. The summed E-state index contributed by atoms with van der Waals surface area (Å²) < 4.78 is 5.12. The Hall–Kier alpha value is -1.57. The molecule has 2 unspecified atom stereocenters. The summed E-state index contributed by atoms with van der Waals surface area (Å²) in [6.07, 6.45) is -2.20. The molecule has 0 aliphatic carbocycles. The van der Waals surface area contributed by atoms with Crippen LogP contribution in [0.5, 0.6) is 5.75 Å². The fraction of sp³-hybridized carbons (Fsp3) is 0.462. The minimum absolute atomic E-state index is 0.0912. The van der Waals surface area contributed by atoms with Gasteiger partial charge in [0.25, 0.3) is 0 Å². The Balaban J connectivity index is 3.10. The maximum absolute atomic E-state index is 10.0. The fourth-order valence-corrected chi connectivity index (χ4v) is 1.92. The summed E-state index contributed by atoms with van der Waals surface area (Å²) in [6.45, 7) is 3.68. The maximum atomic E-state index is 10.0. The summed E-state index contributed by atoms with van der Waals surface area (Å²) in [5.74, 6) is 0.714. The third-order valence-corrected chi connectivity index (χ3v) is 2.76. The van der Waals surface area contributed by atoms with E-state index in [-0.39, 0.29) is 6.42 Å². The lowest BCUT2D eigenvalue weighted by molar-refractivity contribution is 0.0208. The van der Waals surface area contributed by atoms with Gasteiger partial charge in [0.15, 0.2) is 0 Å². The summed E-state index contributed by atoms with van der Waals surface area (Å²) in [5, 5.41) is 28.2. The van der Waals surface area contributed by atoms with E-state index in [0.717, 1.165) is 11.1 Å². The number of aryl methyl sites for hydroxylation is 2. The number of ether oxygens (including phenoxy) is 1. The van der Waals surface area contributed by atoms with E-state index >= 15 is 0 Å². The van der Waals surface area contributed by atoms with Crippen LogP contribution in [0.25, 0.3) is 0 Å². The third kappa shape index (κ3) is 2.96. The summed E-state index contributed by atoms with van der Waals surface area (Å²) >= 11 is 0. The van der Waals surface area contributed by atoms with Crippen LogP contribution in [0.15, 0.2) is 12.1 Å². The summed E-state index contributed by atoms with van der Waals surface area (Å²) in [4.78, 5) is 0. The molecule has 1 rings (SSSR count). The first-order valence-electron chi connectivity index (χ1n) is 5.39. The van der Waals surface area contributed by atoms with Gasteiger partial charge in [-0.25, -0.2) is 0 Å². The molecular weight excluding hydrogens is 218 g/mol. The van der Waals surface area contributed by atoms with E-state index in [4.69, 9.17) is 10.00 Å². The summed E-state index contributed by atoms with van der Waals surface area (Å²) in [6, 6.07) is 5.44. The Morgan fingerprint density at radius 2 is 1.82 bits per heavy atom. The summed E-state index contributed by atoms with van der Waals surface area (Å²) in [7, 11) is 1.58. The second-order valence-corrected chi connectivity index (χ2v) is 4.05. The predicted octanol–water partition coefficient (Wildman–Crippen LogP) is 1.62. The van der Waals surface area contributed by atoms with Crippen molar-refractivity contribution in [3.8, 4) is 11.8 Å². The highest BCUT2D eigenvalue weighted by molar-refractivity contribution is 5.42. The molecule has 0 aromatic heterocycles. The van der Waals surface area contributed by atoms with E-state index in [1.165, 1.54) is 0 Å². The first kappa shape index (κ1) is 13.5. The van der Waals surface area contributed by atoms with Crippen LogP contribution in [-0.4, -0.2) is 23.4 Å². The highest BCUT2D eigenvalue weighted by Gasteiger charge is 2.22. The van der Waals surface area contributed by atoms with Crippen molar-refractivity contribution in [3.05, 3.63) is 28.8 Å². The zero-order valence-electron chi connectivity index (χ0n) is 10.3. The standard InChI is InChI=1S/C13H17NO3/c1-8-6-10(17-3)7-9(2)12(8)13(16)11(15)4-5-14/h6-7,11,13,15-16H,4H2,1-3H3. The Morgan fingerprint density at radius 3 is 2.24 bits per heavy atom. The van der Waals surface area contributed by atoms with Crippen LogP contribution >= 0.6 is 0 Å². The molecule has 2 N–H and O–H groups in total. The monoisotopic (exact) mass is 235 g/mol. The van der Waals surface area contributed by atoms with Crippen molar-refractivity contribution < 1.29 is 14.9 Å². The molecule has 1 aromatic rings. The highest BCUT2D eigenvalue weighted by atomic mass is 16.5. The van der Waals surface area contributed by atoms with E-state index in [0.29, 0.717) is 11.3 Å². The Labute approximate surface area is 101 Å². The van der Waals surface area contributed by atoms with Gasteiger partial charge in [0, 0.05) is 0 Å². The van der Waals surface area contributed by atoms with E-state index in [1.807, 2.05) is 19.9 Å². The average molecular weight is 235 g/mol. The number of hydrogen-bond acceptors (Lipinski definition) is 4. The Morgan fingerprint density at radius 1 is 1.29 bits per heavy atom. The van der Waals surface area contributed by atoms with Crippen molar-refractivity contribution in [2.75, 3.05) is 7.11 Å². The van der Waals surface area contributed by atoms with Gasteiger partial charge < -0.3 is 14.9 Å². The SMILES string of the molecule is COc1cc(C)c(C(O)C(O)CC#N)c(C)c1. The second-order valence-electron chi connectivity index (χ2n) is 4.05. The first-order chi connectivity index (χ1) is 8.01. The van der Waals surface area contributed by atoms with Crippen molar-refractivity contribution in [2.45, 2.75) is 32.5 Å². The molecule has 0 bridgehead atoms. The third-order valence-electron chi connectivity index (χ3n) is 2.76. The largest absolute Gasteiger partial charge is 0.497 e. The molecule has 0 fully saturated rings. The van der Waals surface area contributed by atoms with E-state index in [2.05, 4.69) is 0 Å². The molecule has 92 valence electrons. The predicted molar refractivity (Wildman–Crippen MR) is 63.7 cm³/mol. The first-order valence-corrected chi connectivity index (χ1v) is 5.39. The number of rotatable bonds is 4. The second kappa shape index (κ2) is 5.67. The molecule has 1 aromatic carbocycles. The molecule has 0 heterocycles. The number of nitriles is 1. The van der Waals surface area contributed by atoms with Gasteiger partial charge in [0.1, 0.15) is 11.9 Å². The van der Waals surface area contributed by atoms with Crippen molar-refractivity contribution in [1.82, 2.24) is 0 Å². The summed E-state index contributed by atoms with van der Waals surface area (Å²) in [5.41, 5.74) is 2.34. The number of benzene rings is 1. The van der Waals surface area contributed by atoms with Crippen LogP contribution in [-0.2, 0) is 0 Å². The van der Waals surface area contributed by atoms with Crippen molar-refractivity contribution in [1.29, 1.82) is 5.26 Å². The number of methoxy groups -OCH3 is 1. The minimum Gasteiger partial charge on any atom is -0.497 e. The molecule has 0 radical (unpaired) electrons. The van der Waals surface area contributed by atoms with Crippen LogP contribution in [0, 0.1) is 25.2 Å². The smallest absolute Gasteiger partial charge is 0.119 e. The Kier molecular flexibility index (Phi) is 4.50. The van der Waals surface area contributed by atoms with Gasteiger partial charge in [-0.05, 0) is 42.7 Å². The minimum atomic E-state index is -1.06. The number of hydrogen-bond donors (Lipinski definition) is 2. The molecule has 0 saturated heterocycles. The van der Waals surface area contributed by atoms with Gasteiger partial charge in [0.2, 0.25) is 0 Å². The van der Waals surface area contributed by atoms with Crippen molar-refractivity contribution in [3.63, 3.8) is 0 Å². The molecule has 0 spiro atoms. The van der Waals surface area contributed by atoms with Gasteiger partial charge in [-0.3, -0.25) is 0 Å². The number of aliphatic hydroxyl groups is 2. The average Bonchev–Trinajstić information content (AvgIpc) is 2.28. The molecule has 0 aliphatic heterocycles. The zero-order chi connectivity index (χ0) is 13.0. The Bertz CT molecular complexity index is 414. The van der Waals surface area contributed by atoms with Crippen LogP contribution < -0.4 is 4.74 Å².